The minimum absolute atomic E-state index is 0.0514. The van der Waals surface area contributed by atoms with Crippen LogP contribution in [-0.4, -0.2) is 19.0 Å². The maximum absolute atomic E-state index is 12.0. The minimum atomic E-state index is -0.361. The highest BCUT2D eigenvalue weighted by molar-refractivity contribution is 6.30. The van der Waals surface area contributed by atoms with Gasteiger partial charge in [0, 0.05) is 29.1 Å². The number of hydrogen-bond donors (Lipinski definition) is 2. The third-order valence-corrected chi connectivity index (χ3v) is 3.73. The van der Waals surface area contributed by atoms with Crippen molar-refractivity contribution >= 4 is 40.6 Å². The SMILES string of the molecule is CN1C(=O)Cc2cc(NC(=O)Nc3cccc(Cl)c3)ccc21. The molecule has 1 aliphatic heterocycles. The van der Waals surface area contributed by atoms with E-state index < -0.39 is 0 Å². The molecule has 3 rings (SSSR count). The second-order valence-corrected chi connectivity index (χ2v) is 5.50. The molecule has 0 aliphatic carbocycles. The Morgan fingerprint density at radius 3 is 2.59 bits per heavy atom. The fourth-order valence-corrected chi connectivity index (χ4v) is 2.60. The molecule has 0 unspecified atom stereocenters. The molecule has 22 heavy (non-hydrogen) atoms. The molecule has 0 bridgehead atoms. The van der Waals surface area contributed by atoms with Gasteiger partial charge in [0.25, 0.3) is 0 Å². The summed E-state index contributed by atoms with van der Waals surface area (Å²) in [6.07, 6.45) is 0.358. The predicted molar refractivity (Wildman–Crippen MR) is 87.6 cm³/mol. The molecule has 0 aromatic heterocycles. The van der Waals surface area contributed by atoms with E-state index in [0.29, 0.717) is 22.8 Å². The molecule has 0 saturated carbocycles. The second kappa shape index (κ2) is 5.69. The van der Waals surface area contributed by atoms with Crippen LogP contribution in [0.4, 0.5) is 21.9 Å². The second-order valence-electron chi connectivity index (χ2n) is 5.06. The average molecular weight is 316 g/mol. The van der Waals surface area contributed by atoms with E-state index >= 15 is 0 Å². The van der Waals surface area contributed by atoms with Gasteiger partial charge in [0.05, 0.1) is 6.42 Å². The highest BCUT2D eigenvalue weighted by atomic mass is 35.5. The van der Waals surface area contributed by atoms with Crippen molar-refractivity contribution in [2.24, 2.45) is 0 Å². The molecule has 5 nitrogen and oxygen atoms in total. The fourth-order valence-electron chi connectivity index (χ4n) is 2.41. The zero-order valence-electron chi connectivity index (χ0n) is 11.9. The molecule has 112 valence electrons. The van der Waals surface area contributed by atoms with Crippen LogP contribution in [0.15, 0.2) is 42.5 Å². The summed E-state index contributed by atoms with van der Waals surface area (Å²) in [7, 11) is 1.74. The van der Waals surface area contributed by atoms with Crippen molar-refractivity contribution in [3.05, 3.63) is 53.1 Å². The van der Waals surface area contributed by atoms with Crippen LogP contribution in [0.25, 0.3) is 0 Å². The fraction of sp³-hybridized carbons (Fsp3) is 0.125. The number of halogens is 1. The van der Waals surface area contributed by atoms with Crippen LogP contribution in [0.1, 0.15) is 5.56 Å². The van der Waals surface area contributed by atoms with Crippen LogP contribution < -0.4 is 15.5 Å². The summed E-state index contributed by atoms with van der Waals surface area (Å²) in [6.45, 7) is 0. The first-order valence-electron chi connectivity index (χ1n) is 6.76. The lowest BCUT2D eigenvalue weighted by atomic mass is 10.1. The lowest BCUT2D eigenvalue weighted by Gasteiger charge is -2.11. The monoisotopic (exact) mass is 315 g/mol. The third kappa shape index (κ3) is 2.89. The first-order chi connectivity index (χ1) is 10.5. The lowest BCUT2D eigenvalue weighted by molar-refractivity contribution is -0.117. The summed E-state index contributed by atoms with van der Waals surface area (Å²) in [4.78, 5) is 25.2. The van der Waals surface area contributed by atoms with E-state index in [4.69, 9.17) is 11.6 Å². The number of rotatable bonds is 2. The van der Waals surface area contributed by atoms with E-state index in [1.54, 1.807) is 42.3 Å². The number of carbonyl (C=O) groups is 2. The standard InChI is InChI=1S/C16H14ClN3O2/c1-20-14-6-5-13(7-10(14)8-15(20)21)19-16(22)18-12-4-2-3-11(17)9-12/h2-7,9H,8H2,1H3,(H2,18,19,22). The number of benzene rings is 2. The van der Waals surface area contributed by atoms with Gasteiger partial charge >= 0.3 is 6.03 Å². The summed E-state index contributed by atoms with van der Waals surface area (Å²) < 4.78 is 0. The van der Waals surface area contributed by atoms with Crippen molar-refractivity contribution in [2.75, 3.05) is 22.6 Å². The number of likely N-dealkylation sites (N-methyl/N-ethyl adjacent to an activating group) is 1. The largest absolute Gasteiger partial charge is 0.323 e. The molecular weight excluding hydrogens is 302 g/mol. The van der Waals surface area contributed by atoms with Crippen LogP contribution >= 0.6 is 11.6 Å². The van der Waals surface area contributed by atoms with Gasteiger partial charge in [-0.25, -0.2) is 4.79 Å². The van der Waals surface area contributed by atoms with Gasteiger partial charge in [-0.2, -0.15) is 0 Å². The minimum Gasteiger partial charge on any atom is -0.315 e. The molecule has 0 spiro atoms. The summed E-state index contributed by atoms with van der Waals surface area (Å²) in [5.74, 6) is 0.0514. The van der Waals surface area contributed by atoms with Crippen molar-refractivity contribution in [2.45, 2.75) is 6.42 Å². The smallest absolute Gasteiger partial charge is 0.315 e. The molecule has 0 saturated heterocycles. The van der Waals surface area contributed by atoms with Gasteiger partial charge in [0.15, 0.2) is 0 Å². The Morgan fingerprint density at radius 1 is 1.14 bits per heavy atom. The van der Waals surface area contributed by atoms with Crippen LogP contribution in [0, 0.1) is 0 Å². The van der Waals surface area contributed by atoms with Crippen molar-refractivity contribution in [1.29, 1.82) is 0 Å². The van der Waals surface area contributed by atoms with Gasteiger partial charge in [-0.05, 0) is 42.0 Å². The first-order valence-corrected chi connectivity index (χ1v) is 7.14. The molecular formula is C16H14ClN3O2. The molecule has 2 aromatic rings. The van der Waals surface area contributed by atoms with E-state index in [2.05, 4.69) is 10.6 Å². The van der Waals surface area contributed by atoms with Crippen LogP contribution in [-0.2, 0) is 11.2 Å². The number of nitrogens with one attached hydrogen (secondary N) is 2. The van der Waals surface area contributed by atoms with Gasteiger partial charge in [0.2, 0.25) is 5.91 Å². The number of anilines is 3. The summed E-state index contributed by atoms with van der Waals surface area (Å²) in [6, 6.07) is 12.0. The summed E-state index contributed by atoms with van der Waals surface area (Å²) >= 11 is 5.87. The number of amides is 3. The Balaban J connectivity index is 1.70. The number of urea groups is 1. The van der Waals surface area contributed by atoms with Gasteiger partial charge in [-0.15, -0.1) is 0 Å². The average Bonchev–Trinajstić information content (AvgIpc) is 2.73. The molecule has 6 heteroatoms. The van der Waals surface area contributed by atoms with E-state index in [9.17, 15) is 9.59 Å². The highest BCUT2D eigenvalue weighted by Gasteiger charge is 2.23. The molecule has 0 fully saturated rings. The maximum atomic E-state index is 12.0. The quantitative estimate of drug-likeness (QED) is 0.891. The Hall–Kier alpha value is -2.53. The summed E-state index contributed by atoms with van der Waals surface area (Å²) in [5, 5.41) is 6.00. The molecule has 3 amide bonds. The number of fused-ring (bicyclic) bond motifs is 1. The number of hydrogen-bond acceptors (Lipinski definition) is 2. The first kappa shape index (κ1) is 14.4. The van der Waals surface area contributed by atoms with Gasteiger partial charge < -0.3 is 15.5 Å². The molecule has 1 heterocycles. The molecule has 0 atom stereocenters. The zero-order chi connectivity index (χ0) is 15.7. The zero-order valence-corrected chi connectivity index (χ0v) is 12.6. The van der Waals surface area contributed by atoms with E-state index in [1.165, 1.54) is 0 Å². The van der Waals surface area contributed by atoms with Crippen molar-refractivity contribution < 1.29 is 9.59 Å². The van der Waals surface area contributed by atoms with E-state index in [-0.39, 0.29) is 11.9 Å². The van der Waals surface area contributed by atoms with Gasteiger partial charge in [-0.1, -0.05) is 17.7 Å². The Bertz CT molecular complexity index is 761. The van der Waals surface area contributed by atoms with E-state index in [1.807, 2.05) is 12.1 Å². The molecule has 2 N–H and O–H groups in total. The van der Waals surface area contributed by atoms with E-state index in [0.717, 1.165) is 11.3 Å². The highest BCUT2D eigenvalue weighted by Crippen LogP contribution is 2.30. The lowest BCUT2D eigenvalue weighted by Crippen LogP contribution is -2.20. The Labute approximate surface area is 132 Å². The Morgan fingerprint density at radius 2 is 1.86 bits per heavy atom. The van der Waals surface area contributed by atoms with Gasteiger partial charge in [0.1, 0.15) is 0 Å². The molecule has 2 aromatic carbocycles. The molecule has 0 radical (unpaired) electrons. The van der Waals surface area contributed by atoms with Crippen molar-refractivity contribution in [3.8, 4) is 0 Å². The maximum Gasteiger partial charge on any atom is 0.323 e. The third-order valence-electron chi connectivity index (χ3n) is 3.50. The molecule has 1 aliphatic rings. The number of carbonyl (C=O) groups excluding carboxylic acids is 2. The Kier molecular flexibility index (Phi) is 3.73. The topological polar surface area (TPSA) is 61.4 Å². The van der Waals surface area contributed by atoms with Crippen LogP contribution in [0.5, 0.6) is 0 Å². The van der Waals surface area contributed by atoms with Crippen LogP contribution in [0.2, 0.25) is 5.02 Å². The summed E-state index contributed by atoms with van der Waals surface area (Å²) in [5.41, 5.74) is 3.04. The van der Waals surface area contributed by atoms with Crippen LogP contribution in [0.3, 0.4) is 0 Å². The number of nitrogens with zero attached hydrogens (tertiary/aromatic N) is 1. The van der Waals surface area contributed by atoms with Crippen molar-refractivity contribution in [3.63, 3.8) is 0 Å². The van der Waals surface area contributed by atoms with Crippen molar-refractivity contribution in [1.82, 2.24) is 0 Å². The van der Waals surface area contributed by atoms with Gasteiger partial charge in [-0.3, -0.25) is 4.79 Å². The predicted octanol–water partition coefficient (Wildman–Crippen LogP) is 3.50. The normalized spacial score (nSPS) is 13.0.